The van der Waals surface area contributed by atoms with Crippen molar-refractivity contribution in [2.24, 2.45) is 57.7 Å². The Labute approximate surface area is 296 Å². The van der Waals surface area contributed by atoms with E-state index in [0.717, 1.165) is 63.4 Å². The molecule has 49 heavy (non-hydrogen) atoms. The lowest BCUT2D eigenvalue weighted by Gasteiger charge is -2.60. The summed E-state index contributed by atoms with van der Waals surface area (Å²) < 4.78 is 7.52. The molecule has 7 nitrogen and oxygen atoms in total. The van der Waals surface area contributed by atoms with E-state index < -0.39 is 22.2 Å². The van der Waals surface area contributed by atoms with Crippen LogP contribution in [0.4, 0.5) is 0 Å². The average Bonchev–Trinajstić information content (AvgIpc) is 3.89. The molecule has 3 aliphatic heterocycles. The Kier molecular flexibility index (Phi) is 9.66. The lowest BCUT2D eigenvalue weighted by atomic mass is 9.41. The smallest absolute Gasteiger partial charge is 0.315 e. The summed E-state index contributed by atoms with van der Waals surface area (Å²) in [4.78, 5) is 36.0. The van der Waals surface area contributed by atoms with Gasteiger partial charge in [-0.3, -0.25) is 9.69 Å². The van der Waals surface area contributed by atoms with E-state index in [2.05, 4.69) is 41.5 Å². The summed E-state index contributed by atoms with van der Waals surface area (Å²) in [5.41, 5.74) is -1.42. The molecule has 5 aliphatic carbocycles. The van der Waals surface area contributed by atoms with E-state index in [1.165, 1.54) is 96.8 Å². The minimum atomic E-state index is -1.14. The van der Waals surface area contributed by atoms with E-state index in [1.54, 1.807) is 0 Å². The predicted octanol–water partition coefficient (Wildman–Crippen LogP) is 6.76. The number of carbonyl (C=O) groups is 2. The molecule has 0 amide bonds. The van der Waals surface area contributed by atoms with Crippen LogP contribution < -0.4 is 0 Å². The molecule has 0 aromatic carbocycles. The molecule has 0 aromatic rings. The Balaban J connectivity index is 1.06. The minimum Gasteiger partial charge on any atom is -0.481 e. The number of aldehydes is 1. The molecule has 0 aromatic heterocycles. The molecule has 7 heteroatoms. The number of hydrogen-bond acceptors (Lipinski definition) is 6. The fourth-order valence-corrected chi connectivity index (χ4v) is 14.3. The molecule has 3 heterocycles. The van der Waals surface area contributed by atoms with Crippen molar-refractivity contribution in [2.75, 3.05) is 58.9 Å². The Morgan fingerprint density at radius 3 is 2.33 bits per heavy atom. The van der Waals surface area contributed by atoms with Crippen LogP contribution in [0.2, 0.25) is 0 Å². The van der Waals surface area contributed by atoms with Crippen LogP contribution in [0.1, 0.15) is 111 Å². The number of carbonyl (C=O) groups excluding carboxylic acids is 1. The fourth-order valence-electron chi connectivity index (χ4n) is 14.3. The molecule has 4 saturated carbocycles. The van der Waals surface area contributed by atoms with Gasteiger partial charge in [0.05, 0.1) is 17.6 Å². The number of likely N-dealkylation sites (tertiary alicyclic amines) is 1. The first-order valence-corrected chi connectivity index (χ1v) is 21.0. The van der Waals surface area contributed by atoms with Gasteiger partial charge in [-0.2, -0.15) is 0 Å². The molecule has 0 spiro atoms. The molecular weight excluding hydrogens is 610 g/mol. The third-order valence-electron chi connectivity index (χ3n) is 16.4. The van der Waals surface area contributed by atoms with E-state index in [9.17, 15) is 14.7 Å². The molecule has 274 valence electrons. The van der Waals surface area contributed by atoms with Gasteiger partial charge in [-0.05, 0) is 119 Å². The molecule has 3 saturated heterocycles. The van der Waals surface area contributed by atoms with Crippen molar-refractivity contribution >= 4 is 12.3 Å². The van der Waals surface area contributed by atoms with Crippen LogP contribution in [-0.4, -0.2) is 103 Å². The van der Waals surface area contributed by atoms with Crippen molar-refractivity contribution in [1.82, 2.24) is 14.7 Å². The highest BCUT2D eigenvalue weighted by Crippen LogP contribution is 2.84. The summed E-state index contributed by atoms with van der Waals surface area (Å²) in [5.74, 6) is 1.88. The molecule has 1 N–H and O–H groups in total. The van der Waals surface area contributed by atoms with Crippen LogP contribution >= 0.6 is 0 Å². The zero-order valence-electron chi connectivity index (χ0n) is 31.1. The summed E-state index contributed by atoms with van der Waals surface area (Å²) in [6.45, 7) is 17.2. The molecule has 4 bridgehead atoms. The number of carboxylic acid groups (broad SMARTS) is 1. The highest BCUT2D eigenvalue weighted by atomic mass is 16.5. The Bertz CT molecular complexity index is 1260. The van der Waals surface area contributed by atoms with E-state index >= 15 is 0 Å². The van der Waals surface area contributed by atoms with E-state index in [-0.39, 0.29) is 30.0 Å². The van der Waals surface area contributed by atoms with E-state index in [0.29, 0.717) is 24.2 Å². The highest BCUT2D eigenvalue weighted by molar-refractivity contribution is 5.90. The number of hydrogen-bond donors (Lipinski definition) is 1. The highest BCUT2D eigenvalue weighted by Gasteiger charge is 2.86. The Morgan fingerprint density at radius 1 is 0.918 bits per heavy atom. The van der Waals surface area contributed by atoms with Gasteiger partial charge in [0.2, 0.25) is 0 Å². The maximum atomic E-state index is 14.2. The van der Waals surface area contributed by atoms with E-state index in [4.69, 9.17) is 4.74 Å². The number of aliphatic carboxylic acids is 1. The van der Waals surface area contributed by atoms with Crippen LogP contribution in [0, 0.1) is 57.7 Å². The quantitative estimate of drug-likeness (QED) is 0.192. The summed E-state index contributed by atoms with van der Waals surface area (Å²) in [6, 6.07) is 0. The third kappa shape index (κ3) is 5.39. The maximum Gasteiger partial charge on any atom is 0.315 e. The molecule has 0 radical (unpaired) electrons. The number of ether oxygens (including phenoxy) is 1. The average molecular weight is 678 g/mol. The Morgan fingerprint density at radius 2 is 1.61 bits per heavy atom. The molecular formula is C42H67N3O4. The van der Waals surface area contributed by atoms with Gasteiger partial charge in [0.1, 0.15) is 11.7 Å². The van der Waals surface area contributed by atoms with Gasteiger partial charge < -0.3 is 24.4 Å². The maximum absolute atomic E-state index is 14.2. The Hall–Kier alpha value is -1.28. The molecule has 10 atom stereocenters. The predicted molar refractivity (Wildman–Crippen MR) is 193 cm³/mol. The van der Waals surface area contributed by atoms with Crippen molar-refractivity contribution in [3.05, 3.63) is 11.6 Å². The first kappa shape index (κ1) is 34.8. The lowest BCUT2D eigenvalue weighted by Crippen LogP contribution is -2.65. The second-order valence-electron chi connectivity index (χ2n) is 18.8. The van der Waals surface area contributed by atoms with Gasteiger partial charge >= 0.3 is 5.97 Å². The van der Waals surface area contributed by atoms with Crippen molar-refractivity contribution < 1.29 is 19.4 Å². The van der Waals surface area contributed by atoms with Crippen LogP contribution in [0.25, 0.3) is 0 Å². The van der Waals surface area contributed by atoms with Gasteiger partial charge in [0.15, 0.2) is 0 Å². The van der Waals surface area contributed by atoms with Crippen molar-refractivity contribution in [3.63, 3.8) is 0 Å². The summed E-state index contributed by atoms with van der Waals surface area (Å²) >= 11 is 0. The van der Waals surface area contributed by atoms with Gasteiger partial charge in [-0.25, -0.2) is 0 Å². The van der Waals surface area contributed by atoms with Crippen molar-refractivity contribution in [1.29, 1.82) is 0 Å². The second-order valence-corrected chi connectivity index (χ2v) is 18.8. The van der Waals surface area contributed by atoms with Gasteiger partial charge in [0, 0.05) is 38.1 Å². The first-order chi connectivity index (χ1) is 23.7. The van der Waals surface area contributed by atoms with Crippen LogP contribution in [-0.2, 0) is 14.3 Å². The number of nitrogens with zero attached hydrogens (tertiary/aromatic N) is 3. The topological polar surface area (TPSA) is 73.3 Å². The normalized spacial score (nSPS) is 44.8. The van der Waals surface area contributed by atoms with Crippen molar-refractivity contribution in [3.8, 4) is 0 Å². The second kappa shape index (κ2) is 13.6. The van der Waals surface area contributed by atoms with Crippen molar-refractivity contribution in [2.45, 2.75) is 123 Å². The van der Waals surface area contributed by atoms with Crippen LogP contribution in [0.15, 0.2) is 11.6 Å². The zero-order chi connectivity index (χ0) is 34.0. The number of piperidine rings is 1. The summed E-state index contributed by atoms with van der Waals surface area (Å²) in [6.07, 6.45) is 20.3. The first-order valence-electron chi connectivity index (χ1n) is 21.0. The standard InChI is InChI=1S/C42H67N3O4/c1-29(2)36-24-33-25-40(28-46)35-13-12-30(3)34(35)26-41(33,42(36,40)39(47)48)38-23-32(22-31-10-5-6-11-31)37(49-38)27-45-17-9-16-44(20-21-45)19-18-43-14-7-4-8-15-43/h24,28-35,37-38H,4-23,25-27H2,1-3H3,(H,47,48)/t30-,32+,33?,34-,35-,37+,38-,40?,41?,42+/m1/s1. The molecule has 8 rings (SSSR count). The zero-order valence-corrected chi connectivity index (χ0v) is 31.1. The molecule has 7 fully saturated rings. The minimum absolute atomic E-state index is 0.0962. The van der Waals surface area contributed by atoms with Gasteiger partial charge in [0.25, 0.3) is 0 Å². The third-order valence-corrected chi connectivity index (χ3v) is 16.4. The van der Waals surface area contributed by atoms with Crippen LogP contribution in [0.3, 0.4) is 0 Å². The van der Waals surface area contributed by atoms with Gasteiger partial charge in [-0.1, -0.05) is 70.9 Å². The summed E-state index contributed by atoms with van der Waals surface area (Å²) in [7, 11) is 0. The number of carboxylic acids is 1. The number of rotatable bonds is 11. The van der Waals surface area contributed by atoms with Crippen LogP contribution in [0.5, 0.6) is 0 Å². The molecule has 3 unspecified atom stereocenters. The number of allylic oxidation sites excluding steroid dienone is 1. The summed E-state index contributed by atoms with van der Waals surface area (Å²) in [5, 5.41) is 11.7. The largest absolute Gasteiger partial charge is 0.481 e. The molecule has 8 aliphatic rings. The lowest BCUT2D eigenvalue weighted by molar-refractivity contribution is -0.197. The van der Waals surface area contributed by atoms with E-state index in [1.807, 2.05) is 0 Å². The van der Waals surface area contributed by atoms with Gasteiger partial charge in [-0.15, -0.1) is 0 Å². The monoisotopic (exact) mass is 678 g/mol. The fraction of sp³-hybridized carbons (Fsp3) is 0.905. The number of fused-ring (bicyclic) bond motifs is 2. The SMILES string of the molecule is CC(C)C1=CC2CC3(C=O)[C@@H]4CC[C@@H](C)[C@H]4CC2([C@H]2C[C@H](CC4CCCC4)[C@H](CN4CCCN(CCN5CCCCC5)CC4)O2)[C@]13C(=O)O.